The first kappa shape index (κ1) is 23.5. The molecule has 2 aliphatic rings. The minimum absolute atomic E-state index is 0.213. The topological polar surface area (TPSA) is 45.1 Å². The van der Waals surface area contributed by atoms with E-state index in [2.05, 4.69) is 9.89 Å². The number of aliphatic imine (C=N–C) groups is 1. The summed E-state index contributed by atoms with van der Waals surface area (Å²) in [5, 5.41) is 1.40. The van der Waals surface area contributed by atoms with Gasteiger partial charge in [-0.1, -0.05) is 48.0 Å². The van der Waals surface area contributed by atoms with Crippen LogP contribution in [0.1, 0.15) is 11.1 Å². The van der Waals surface area contributed by atoms with Crippen LogP contribution >= 0.6 is 23.4 Å². The third-order valence-corrected chi connectivity index (χ3v) is 7.15. The number of ether oxygens (including phenoxy) is 1. The molecule has 1 saturated heterocycles. The molecule has 0 spiro atoms. The zero-order valence-electron chi connectivity index (χ0n) is 18.9. The van der Waals surface area contributed by atoms with Crippen LogP contribution in [0.4, 0.5) is 10.1 Å². The van der Waals surface area contributed by atoms with Gasteiger partial charge in [-0.15, -0.1) is 0 Å². The molecule has 0 aromatic heterocycles. The van der Waals surface area contributed by atoms with Crippen molar-refractivity contribution in [1.82, 2.24) is 4.90 Å². The van der Waals surface area contributed by atoms with E-state index in [1.54, 1.807) is 12.1 Å². The van der Waals surface area contributed by atoms with Crippen molar-refractivity contribution in [3.63, 3.8) is 0 Å². The second-order valence-electron chi connectivity index (χ2n) is 8.22. The van der Waals surface area contributed by atoms with Gasteiger partial charge in [-0.2, -0.15) is 4.99 Å². The van der Waals surface area contributed by atoms with Crippen LogP contribution in [0.2, 0.25) is 5.02 Å². The molecule has 3 aromatic rings. The lowest BCUT2D eigenvalue weighted by Crippen LogP contribution is -2.48. The minimum atomic E-state index is -0.232. The largest absolute Gasteiger partial charge is 0.489 e. The summed E-state index contributed by atoms with van der Waals surface area (Å²) in [6.07, 6.45) is 1.85. The van der Waals surface area contributed by atoms with Gasteiger partial charge in [0.05, 0.1) is 10.6 Å². The second-order valence-corrected chi connectivity index (χ2v) is 9.67. The summed E-state index contributed by atoms with van der Waals surface area (Å²) in [4.78, 5) is 21.5. The number of hydrogen-bond acceptors (Lipinski definition) is 5. The molecule has 0 radical (unpaired) electrons. The molecule has 2 heterocycles. The summed E-state index contributed by atoms with van der Waals surface area (Å²) in [6, 6.07) is 22.0. The summed E-state index contributed by atoms with van der Waals surface area (Å²) >= 11 is 7.30. The fourth-order valence-corrected chi connectivity index (χ4v) is 5.03. The number of carbonyl (C=O) groups excluding carboxylic acids is 1. The van der Waals surface area contributed by atoms with Crippen LogP contribution in [0.5, 0.6) is 5.75 Å². The van der Waals surface area contributed by atoms with Crippen molar-refractivity contribution in [1.29, 1.82) is 0 Å². The van der Waals surface area contributed by atoms with Crippen LogP contribution in [0.25, 0.3) is 6.08 Å². The lowest BCUT2D eigenvalue weighted by atomic mass is 10.2. The SMILES string of the molecule is O=C1N=C(N2CCN(c3ccccc3F)CC2)SC1=Cc1ccc(OCc2ccc(Cl)cc2)cc1. The Bertz CT molecular complexity index is 1270. The lowest BCUT2D eigenvalue weighted by molar-refractivity contribution is -0.113. The smallest absolute Gasteiger partial charge is 0.286 e. The second kappa shape index (κ2) is 10.5. The van der Waals surface area contributed by atoms with Crippen LogP contribution in [0.15, 0.2) is 82.7 Å². The molecule has 1 fully saturated rings. The first-order valence-corrected chi connectivity index (χ1v) is 12.5. The molecule has 35 heavy (non-hydrogen) atoms. The molecule has 3 aromatic carbocycles. The number of thioether (sulfide) groups is 1. The Morgan fingerprint density at radius 1 is 0.943 bits per heavy atom. The number of amidine groups is 1. The standard InChI is InChI=1S/C27H23ClFN3O2S/c28-21-9-5-20(6-10-21)18-34-22-11-7-19(8-12-22)17-25-26(33)30-27(35-25)32-15-13-31(14-16-32)24-4-2-1-3-23(24)29/h1-12,17H,13-16,18H2. The number of carbonyl (C=O) groups is 1. The summed E-state index contributed by atoms with van der Waals surface area (Å²) < 4.78 is 19.9. The van der Waals surface area contributed by atoms with Crippen molar-refractivity contribution in [3.8, 4) is 5.75 Å². The molecular weight excluding hydrogens is 485 g/mol. The van der Waals surface area contributed by atoms with Crippen LogP contribution in [0.3, 0.4) is 0 Å². The Morgan fingerprint density at radius 3 is 2.34 bits per heavy atom. The van der Waals surface area contributed by atoms with Gasteiger partial charge in [0.1, 0.15) is 18.2 Å². The van der Waals surface area contributed by atoms with E-state index in [0.29, 0.717) is 53.6 Å². The monoisotopic (exact) mass is 507 g/mol. The van der Waals surface area contributed by atoms with Gasteiger partial charge >= 0.3 is 0 Å². The Balaban J connectivity index is 1.16. The van der Waals surface area contributed by atoms with E-state index >= 15 is 0 Å². The number of piperazine rings is 1. The van der Waals surface area contributed by atoms with Crippen molar-refractivity contribution in [2.45, 2.75) is 6.61 Å². The van der Waals surface area contributed by atoms with E-state index in [-0.39, 0.29) is 11.7 Å². The van der Waals surface area contributed by atoms with E-state index in [4.69, 9.17) is 16.3 Å². The molecule has 0 aliphatic carbocycles. The van der Waals surface area contributed by atoms with E-state index in [0.717, 1.165) is 16.9 Å². The van der Waals surface area contributed by atoms with E-state index in [1.165, 1.54) is 17.8 Å². The molecule has 0 bridgehead atoms. The highest BCUT2D eigenvalue weighted by Gasteiger charge is 2.29. The Kier molecular flexibility index (Phi) is 7.06. The maximum Gasteiger partial charge on any atom is 0.286 e. The van der Waals surface area contributed by atoms with Gasteiger partial charge in [0.2, 0.25) is 0 Å². The number of nitrogens with zero attached hydrogens (tertiary/aromatic N) is 3. The average molecular weight is 508 g/mol. The highest BCUT2D eigenvalue weighted by molar-refractivity contribution is 8.18. The molecule has 0 saturated carbocycles. The zero-order chi connectivity index (χ0) is 24.2. The highest BCUT2D eigenvalue weighted by Crippen LogP contribution is 2.31. The van der Waals surface area contributed by atoms with Gasteiger partial charge in [-0.25, -0.2) is 4.39 Å². The molecule has 5 nitrogen and oxygen atoms in total. The molecule has 5 rings (SSSR count). The molecule has 2 aliphatic heterocycles. The van der Waals surface area contributed by atoms with Crippen molar-refractivity contribution < 1.29 is 13.9 Å². The first-order valence-electron chi connectivity index (χ1n) is 11.3. The number of halogens is 2. The van der Waals surface area contributed by atoms with Gasteiger partial charge in [0.25, 0.3) is 5.91 Å². The van der Waals surface area contributed by atoms with E-state index in [1.807, 2.05) is 65.6 Å². The Labute approximate surface area is 212 Å². The van der Waals surface area contributed by atoms with Gasteiger partial charge in [0, 0.05) is 31.2 Å². The van der Waals surface area contributed by atoms with Crippen molar-refractivity contribution >= 4 is 46.2 Å². The van der Waals surface area contributed by atoms with Gasteiger partial charge in [0.15, 0.2) is 5.17 Å². The number of hydrogen-bond donors (Lipinski definition) is 0. The summed E-state index contributed by atoms with van der Waals surface area (Å²) in [5.41, 5.74) is 2.55. The van der Waals surface area contributed by atoms with Crippen LogP contribution in [0, 0.1) is 5.82 Å². The summed E-state index contributed by atoms with van der Waals surface area (Å²) in [5.74, 6) is 0.303. The minimum Gasteiger partial charge on any atom is -0.489 e. The number of para-hydroxylation sites is 1. The number of amides is 1. The van der Waals surface area contributed by atoms with Gasteiger partial charge in [-0.05, 0) is 65.4 Å². The number of rotatable bonds is 5. The molecule has 1 amide bonds. The quantitative estimate of drug-likeness (QED) is 0.405. The Hall–Kier alpha value is -3.29. The zero-order valence-corrected chi connectivity index (χ0v) is 20.4. The molecule has 0 N–H and O–H groups in total. The molecular formula is C27H23ClFN3O2S. The number of anilines is 1. The fraction of sp³-hybridized carbons (Fsp3) is 0.185. The Morgan fingerprint density at radius 2 is 1.63 bits per heavy atom. The summed E-state index contributed by atoms with van der Waals surface area (Å²) in [6.45, 7) is 3.16. The fourth-order valence-electron chi connectivity index (χ4n) is 3.94. The van der Waals surface area contributed by atoms with Crippen molar-refractivity contribution in [2.75, 3.05) is 31.1 Å². The first-order chi connectivity index (χ1) is 17.0. The maximum absolute atomic E-state index is 14.1. The normalized spacial score (nSPS) is 17.1. The summed E-state index contributed by atoms with van der Waals surface area (Å²) in [7, 11) is 0. The average Bonchev–Trinajstić information content (AvgIpc) is 3.25. The lowest BCUT2D eigenvalue weighted by Gasteiger charge is -2.36. The van der Waals surface area contributed by atoms with Crippen molar-refractivity contribution in [2.24, 2.45) is 4.99 Å². The number of benzene rings is 3. The van der Waals surface area contributed by atoms with E-state index < -0.39 is 0 Å². The van der Waals surface area contributed by atoms with Crippen LogP contribution < -0.4 is 9.64 Å². The third kappa shape index (κ3) is 5.69. The van der Waals surface area contributed by atoms with Gasteiger partial charge < -0.3 is 14.5 Å². The van der Waals surface area contributed by atoms with Gasteiger partial charge in [-0.3, -0.25) is 4.79 Å². The predicted molar refractivity (Wildman–Crippen MR) is 140 cm³/mol. The molecule has 0 unspecified atom stereocenters. The maximum atomic E-state index is 14.1. The van der Waals surface area contributed by atoms with Crippen LogP contribution in [-0.2, 0) is 11.4 Å². The predicted octanol–water partition coefficient (Wildman–Crippen LogP) is 5.85. The van der Waals surface area contributed by atoms with Crippen molar-refractivity contribution in [3.05, 3.63) is 99.7 Å². The van der Waals surface area contributed by atoms with E-state index in [9.17, 15) is 9.18 Å². The third-order valence-electron chi connectivity index (χ3n) is 5.85. The highest BCUT2D eigenvalue weighted by atomic mass is 35.5. The molecule has 178 valence electrons. The van der Waals surface area contributed by atoms with Crippen LogP contribution in [-0.4, -0.2) is 42.2 Å². The molecule has 8 heteroatoms. The molecule has 0 atom stereocenters.